The fourth-order valence-electron chi connectivity index (χ4n) is 3.15. The second kappa shape index (κ2) is 10.4. The number of methoxy groups -OCH3 is 1. The topological polar surface area (TPSA) is 53.6 Å². The van der Waals surface area contributed by atoms with Gasteiger partial charge < -0.3 is 20.3 Å². The summed E-state index contributed by atoms with van der Waals surface area (Å²) < 4.78 is 5.11. The highest BCUT2D eigenvalue weighted by molar-refractivity contribution is 5.91. The molecule has 0 radical (unpaired) electrons. The third-order valence-electron chi connectivity index (χ3n) is 4.65. The van der Waals surface area contributed by atoms with Gasteiger partial charge in [0.25, 0.3) is 0 Å². The van der Waals surface area contributed by atoms with E-state index in [1.807, 2.05) is 25.3 Å². The SMILES string of the molecule is C=CN/C=C(\C)CN1CCc2ccc(NC(=O)CCC(=C)/C=C(/C)OC)cc21. The van der Waals surface area contributed by atoms with Crippen molar-refractivity contribution in [2.75, 3.05) is 30.4 Å². The first kappa shape index (κ1) is 21.4. The molecule has 1 aliphatic heterocycles. The van der Waals surface area contributed by atoms with Crippen LogP contribution >= 0.6 is 0 Å². The molecule has 2 N–H and O–H groups in total. The fraction of sp³-hybridized carbons (Fsp3) is 0.348. The minimum absolute atomic E-state index is 0.0135. The summed E-state index contributed by atoms with van der Waals surface area (Å²) in [5, 5.41) is 6.02. The second-order valence-electron chi connectivity index (χ2n) is 7.04. The normalized spacial score (nSPS) is 13.8. The number of amides is 1. The molecule has 1 heterocycles. The second-order valence-corrected chi connectivity index (χ2v) is 7.04. The zero-order valence-electron chi connectivity index (χ0n) is 17.2. The predicted octanol–water partition coefficient (Wildman–Crippen LogP) is 4.51. The lowest BCUT2D eigenvalue weighted by Crippen LogP contribution is -2.23. The molecule has 1 aromatic carbocycles. The van der Waals surface area contributed by atoms with E-state index in [2.05, 4.69) is 47.7 Å². The molecule has 2 rings (SSSR count). The number of fused-ring (bicyclic) bond motifs is 1. The number of anilines is 2. The molecule has 0 fully saturated rings. The Hall–Kier alpha value is -2.95. The van der Waals surface area contributed by atoms with E-state index in [1.165, 1.54) is 16.8 Å². The number of nitrogens with zero attached hydrogens (tertiary/aromatic N) is 1. The molecule has 28 heavy (non-hydrogen) atoms. The molecule has 1 aromatic rings. The lowest BCUT2D eigenvalue weighted by atomic mass is 10.1. The third-order valence-corrected chi connectivity index (χ3v) is 4.65. The van der Waals surface area contributed by atoms with E-state index in [1.54, 1.807) is 13.3 Å². The van der Waals surface area contributed by atoms with Gasteiger partial charge in [-0.2, -0.15) is 0 Å². The number of carbonyl (C=O) groups is 1. The summed E-state index contributed by atoms with van der Waals surface area (Å²) in [6, 6.07) is 6.15. The Morgan fingerprint density at radius 3 is 2.82 bits per heavy atom. The summed E-state index contributed by atoms with van der Waals surface area (Å²) in [5.41, 5.74) is 5.43. The van der Waals surface area contributed by atoms with Crippen LogP contribution in [0.4, 0.5) is 11.4 Å². The van der Waals surface area contributed by atoms with Gasteiger partial charge in [0.05, 0.1) is 12.9 Å². The van der Waals surface area contributed by atoms with E-state index in [0.29, 0.717) is 12.8 Å². The van der Waals surface area contributed by atoms with Gasteiger partial charge in [-0.05, 0) is 62.2 Å². The number of hydrogen-bond donors (Lipinski definition) is 2. The maximum Gasteiger partial charge on any atom is 0.224 e. The number of nitrogens with one attached hydrogen (secondary N) is 2. The number of carbonyl (C=O) groups excluding carboxylic acids is 1. The van der Waals surface area contributed by atoms with Crippen LogP contribution in [0.15, 0.2) is 66.7 Å². The number of benzene rings is 1. The van der Waals surface area contributed by atoms with E-state index >= 15 is 0 Å². The van der Waals surface area contributed by atoms with Crippen molar-refractivity contribution in [3.63, 3.8) is 0 Å². The van der Waals surface area contributed by atoms with Crippen LogP contribution in [-0.2, 0) is 16.0 Å². The first-order valence-electron chi connectivity index (χ1n) is 9.53. The summed E-state index contributed by atoms with van der Waals surface area (Å²) in [4.78, 5) is 14.6. The van der Waals surface area contributed by atoms with Crippen molar-refractivity contribution in [2.24, 2.45) is 0 Å². The molecule has 0 aliphatic carbocycles. The Balaban J connectivity index is 1.95. The van der Waals surface area contributed by atoms with E-state index in [4.69, 9.17) is 4.74 Å². The third kappa shape index (κ3) is 6.34. The molecule has 0 saturated carbocycles. The van der Waals surface area contributed by atoms with Gasteiger partial charge in [-0.3, -0.25) is 4.79 Å². The largest absolute Gasteiger partial charge is 0.501 e. The zero-order valence-corrected chi connectivity index (χ0v) is 17.2. The van der Waals surface area contributed by atoms with Crippen molar-refractivity contribution >= 4 is 17.3 Å². The first-order chi connectivity index (χ1) is 13.4. The molecule has 0 unspecified atom stereocenters. The van der Waals surface area contributed by atoms with Crippen LogP contribution in [0.1, 0.15) is 32.3 Å². The Kier molecular flexibility index (Phi) is 7.93. The van der Waals surface area contributed by atoms with Gasteiger partial charge in [0.2, 0.25) is 5.91 Å². The number of hydrogen-bond acceptors (Lipinski definition) is 4. The first-order valence-corrected chi connectivity index (χ1v) is 9.53. The van der Waals surface area contributed by atoms with Crippen LogP contribution in [0.5, 0.6) is 0 Å². The average Bonchev–Trinajstić information content (AvgIpc) is 3.06. The maximum absolute atomic E-state index is 12.3. The molecule has 0 bridgehead atoms. The zero-order chi connectivity index (χ0) is 20.5. The highest BCUT2D eigenvalue weighted by Crippen LogP contribution is 2.31. The van der Waals surface area contributed by atoms with E-state index in [0.717, 1.165) is 36.5 Å². The predicted molar refractivity (Wildman–Crippen MR) is 117 cm³/mol. The molecule has 0 aromatic heterocycles. The molecule has 0 saturated heterocycles. The molecule has 1 amide bonds. The highest BCUT2D eigenvalue weighted by atomic mass is 16.5. The fourth-order valence-corrected chi connectivity index (χ4v) is 3.15. The average molecular weight is 382 g/mol. The van der Waals surface area contributed by atoms with Crippen LogP contribution in [-0.4, -0.2) is 26.1 Å². The Labute approximate surface area is 168 Å². The van der Waals surface area contributed by atoms with Gasteiger partial charge in [0.15, 0.2) is 0 Å². The Morgan fingerprint density at radius 1 is 1.32 bits per heavy atom. The van der Waals surface area contributed by atoms with Crippen LogP contribution in [0.2, 0.25) is 0 Å². The summed E-state index contributed by atoms with van der Waals surface area (Å²) >= 11 is 0. The van der Waals surface area contributed by atoms with Crippen molar-refractivity contribution in [2.45, 2.75) is 33.1 Å². The van der Waals surface area contributed by atoms with E-state index in [9.17, 15) is 4.79 Å². The van der Waals surface area contributed by atoms with Gasteiger partial charge in [0, 0.05) is 37.1 Å². The summed E-state index contributed by atoms with van der Waals surface area (Å²) in [7, 11) is 1.62. The monoisotopic (exact) mass is 381 g/mol. The lowest BCUT2D eigenvalue weighted by Gasteiger charge is -2.20. The molecule has 0 atom stereocenters. The Morgan fingerprint density at radius 2 is 2.11 bits per heavy atom. The van der Waals surface area contributed by atoms with Gasteiger partial charge in [-0.15, -0.1) is 0 Å². The van der Waals surface area contributed by atoms with Crippen LogP contribution < -0.4 is 15.5 Å². The van der Waals surface area contributed by atoms with E-state index in [-0.39, 0.29) is 5.91 Å². The van der Waals surface area contributed by atoms with Gasteiger partial charge in [-0.1, -0.05) is 24.8 Å². The maximum atomic E-state index is 12.3. The van der Waals surface area contributed by atoms with Crippen LogP contribution in [0, 0.1) is 0 Å². The number of ether oxygens (including phenoxy) is 1. The number of allylic oxidation sites excluding steroid dienone is 3. The summed E-state index contributed by atoms with van der Waals surface area (Å²) in [5.74, 6) is 0.775. The van der Waals surface area contributed by atoms with Crippen LogP contribution in [0.25, 0.3) is 0 Å². The highest BCUT2D eigenvalue weighted by Gasteiger charge is 2.19. The van der Waals surface area contributed by atoms with Crippen molar-refractivity contribution in [3.8, 4) is 0 Å². The standard InChI is InChI=1S/C23H31N3O2/c1-6-24-15-18(3)16-26-12-11-20-8-9-21(14-22(20)26)25-23(27)10-7-17(2)13-19(4)28-5/h6,8-9,13-15,24H,1-2,7,10-12,16H2,3-5H3,(H,25,27)/b18-15+,19-13-. The summed E-state index contributed by atoms with van der Waals surface area (Å²) in [6.07, 6.45) is 7.50. The van der Waals surface area contributed by atoms with Crippen molar-refractivity contribution < 1.29 is 9.53 Å². The van der Waals surface area contributed by atoms with Crippen molar-refractivity contribution in [1.82, 2.24) is 5.32 Å². The molecule has 0 spiro atoms. The quantitative estimate of drug-likeness (QED) is 0.462. The summed E-state index contributed by atoms with van der Waals surface area (Å²) in [6.45, 7) is 13.4. The molecule has 5 heteroatoms. The lowest BCUT2D eigenvalue weighted by molar-refractivity contribution is -0.116. The van der Waals surface area contributed by atoms with Gasteiger partial charge >= 0.3 is 0 Å². The van der Waals surface area contributed by atoms with Gasteiger partial charge in [-0.25, -0.2) is 0 Å². The number of rotatable bonds is 10. The molecular formula is C23H31N3O2. The van der Waals surface area contributed by atoms with Crippen molar-refractivity contribution in [1.29, 1.82) is 0 Å². The van der Waals surface area contributed by atoms with E-state index < -0.39 is 0 Å². The molecule has 1 aliphatic rings. The van der Waals surface area contributed by atoms with Crippen LogP contribution in [0.3, 0.4) is 0 Å². The van der Waals surface area contributed by atoms with Gasteiger partial charge in [0.1, 0.15) is 0 Å². The van der Waals surface area contributed by atoms with Crippen molar-refractivity contribution in [3.05, 3.63) is 72.3 Å². The smallest absolute Gasteiger partial charge is 0.224 e. The Bertz CT molecular complexity index is 793. The molecule has 150 valence electrons. The molecular weight excluding hydrogens is 350 g/mol. The minimum Gasteiger partial charge on any atom is -0.501 e. The minimum atomic E-state index is -0.0135. The molecule has 5 nitrogen and oxygen atoms in total.